The van der Waals surface area contributed by atoms with Gasteiger partial charge in [0.05, 0.1) is 12.2 Å². The summed E-state index contributed by atoms with van der Waals surface area (Å²) < 4.78 is 6.78. The predicted molar refractivity (Wildman–Crippen MR) is 80.5 cm³/mol. The second-order valence-electron chi connectivity index (χ2n) is 5.77. The lowest BCUT2D eigenvalue weighted by Crippen LogP contribution is -2.42. The van der Waals surface area contributed by atoms with Crippen molar-refractivity contribution in [1.82, 2.24) is 5.32 Å². The summed E-state index contributed by atoms with van der Waals surface area (Å²) in [4.78, 5) is 0. The van der Waals surface area contributed by atoms with Gasteiger partial charge in [-0.25, -0.2) is 0 Å². The van der Waals surface area contributed by atoms with E-state index >= 15 is 0 Å². The molecule has 0 fully saturated rings. The second-order valence-corrected chi connectivity index (χ2v) is 6.68. The maximum atomic E-state index is 10.2. The van der Waals surface area contributed by atoms with Crippen LogP contribution in [-0.2, 0) is 13.0 Å². The van der Waals surface area contributed by atoms with Crippen LogP contribution in [0.5, 0.6) is 5.75 Å². The first-order valence-electron chi connectivity index (χ1n) is 6.77. The summed E-state index contributed by atoms with van der Waals surface area (Å²) in [6.45, 7) is 7.98. The largest absolute Gasteiger partial charge is 0.493 e. The summed E-state index contributed by atoms with van der Waals surface area (Å²) in [7, 11) is 0. The number of hydrogen-bond acceptors (Lipinski definition) is 3. The molecule has 1 atom stereocenters. The predicted octanol–water partition coefficient (Wildman–Crippen LogP) is 2.88. The number of fused-ring (bicyclic) bond motifs is 1. The molecule has 19 heavy (non-hydrogen) atoms. The highest BCUT2D eigenvalue weighted by molar-refractivity contribution is 9.10. The van der Waals surface area contributed by atoms with Crippen molar-refractivity contribution in [1.29, 1.82) is 0 Å². The monoisotopic (exact) mass is 327 g/mol. The number of ether oxygens (including phenoxy) is 1. The molecule has 1 unspecified atom stereocenters. The number of hydrogen-bond donors (Lipinski definition) is 2. The smallest absolute Gasteiger partial charge is 0.127 e. The van der Waals surface area contributed by atoms with Gasteiger partial charge in [-0.1, -0.05) is 29.8 Å². The number of halogens is 1. The highest BCUT2D eigenvalue weighted by atomic mass is 79.9. The lowest BCUT2D eigenvalue weighted by molar-refractivity contribution is 0.0139. The molecule has 0 amide bonds. The zero-order valence-corrected chi connectivity index (χ0v) is 13.4. The first-order valence-corrected chi connectivity index (χ1v) is 7.56. The lowest BCUT2D eigenvalue weighted by atomic mass is 9.92. The molecule has 0 aliphatic carbocycles. The maximum absolute atomic E-state index is 10.2. The van der Waals surface area contributed by atoms with Crippen molar-refractivity contribution in [2.45, 2.75) is 39.3 Å². The molecule has 3 nitrogen and oxygen atoms in total. The molecule has 1 aromatic rings. The van der Waals surface area contributed by atoms with Gasteiger partial charge in [0.25, 0.3) is 0 Å². The van der Waals surface area contributed by atoms with Gasteiger partial charge < -0.3 is 15.2 Å². The first-order chi connectivity index (χ1) is 8.90. The van der Waals surface area contributed by atoms with Crippen molar-refractivity contribution in [2.24, 2.45) is 5.92 Å². The number of rotatable bonds is 5. The Kier molecular flexibility index (Phi) is 4.54. The van der Waals surface area contributed by atoms with E-state index < -0.39 is 5.60 Å². The molecule has 0 saturated heterocycles. The molecule has 0 aromatic heterocycles. The Morgan fingerprint density at radius 3 is 2.89 bits per heavy atom. The maximum Gasteiger partial charge on any atom is 0.127 e. The number of benzene rings is 1. The Morgan fingerprint density at radius 2 is 2.21 bits per heavy atom. The van der Waals surface area contributed by atoms with Gasteiger partial charge >= 0.3 is 0 Å². The van der Waals surface area contributed by atoms with Gasteiger partial charge in [0.15, 0.2) is 0 Å². The third-order valence-corrected chi connectivity index (χ3v) is 4.33. The Bertz CT molecular complexity index is 458. The van der Waals surface area contributed by atoms with Crippen LogP contribution in [0, 0.1) is 5.92 Å². The summed E-state index contributed by atoms with van der Waals surface area (Å²) in [5.41, 5.74) is 1.74. The molecule has 1 aliphatic heterocycles. The molecule has 4 heteroatoms. The van der Waals surface area contributed by atoms with E-state index in [0.717, 1.165) is 28.8 Å². The van der Waals surface area contributed by atoms with Gasteiger partial charge in [0.2, 0.25) is 0 Å². The third kappa shape index (κ3) is 3.50. The van der Waals surface area contributed by atoms with E-state index in [-0.39, 0.29) is 5.92 Å². The molecule has 0 spiro atoms. The normalized spacial score (nSPS) is 17.2. The van der Waals surface area contributed by atoms with Gasteiger partial charge in [-0.05, 0) is 30.5 Å². The quantitative estimate of drug-likeness (QED) is 0.873. The van der Waals surface area contributed by atoms with Crippen LogP contribution in [0.15, 0.2) is 16.6 Å². The second kappa shape index (κ2) is 5.81. The summed E-state index contributed by atoms with van der Waals surface area (Å²) in [6, 6.07) is 4.21. The fraction of sp³-hybridized carbons (Fsp3) is 0.600. The van der Waals surface area contributed by atoms with Gasteiger partial charge in [-0.2, -0.15) is 0 Å². The van der Waals surface area contributed by atoms with Crippen molar-refractivity contribution in [3.05, 3.63) is 27.7 Å². The Hall–Kier alpha value is -0.580. The summed E-state index contributed by atoms with van der Waals surface area (Å²) in [6.07, 6.45) is 0.978. The highest BCUT2D eigenvalue weighted by Crippen LogP contribution is 2.32. The Balaban J connectivity index is 2.01. The van der Waals surface area contributed by atoms with E-state index in [1.165, 1.54) is 5.56 Å². The van der Waals surface area contributed by atoms with Gasteiger partial charge in [0, 0.05) is 29.5 Å². The number of nitrogens with one attached hydrogen (secondary N) is 1. The molecule has 0 saturated carbocycles. The molecular formula is C15H22BrNO2. The third-order valence-electron chi connectivity index (χ3n) is 3.87. The van der Waals surface area contributed by atoms with E-state index in [4.69, 9.17) is 4.74 Å². The molecule has 0 radical (unpaired) electrons. The van der Waals surface area contributed by atoms with Crippen LogP contribution in [-0.4, -0.2) is 23.9 Å². The zero-order valence-electron chi connectivity index (χ0n) is 11.8. The van der Waals surface area contributed by atoms with Crippen LogP contribution in [0.2, 0.25) is 0 Å². The van der Waals surface area contributed by atoms with Crippen LogP contribution in [0.4, 0.5) is 0 Å². The molecule has 2 N–H and O–H groups in total. The van der Waals surface area contributed by atoms with Crippen molar-refractivity contribution < 1.29 is 9.84 Å². The highest BCUT2D eigenvalue weighted by Gasteiger charge is 2.24. The van der Waals surface area contributed by atoms with Crippen molar-refractivity contribution >= 4 is 15.9 Å². The molecule has 106 valence electrons. The van der Waals surface area contributed by atoms with E-state index in [0.29, 0.717) is 13.1 Å². The minimum atomic E-state index is -0.684. The fourth-order valence-electron chi connectivity index (χ4n) is 2.13. The van der Waals surface area contributed by atoms with Crippen molar-refractivity contribution in [3.8, 4) is 5.75 Å². The minimum Gasteiger partial charge on any atom is -0.493 e. The van der Waals surface area contributed by atoms with Crippen molar-refractivity contribution in [2.75, 3.05) is 13.2 Å². The SMILES string of the molecule is CC(C)C(C)(O)CNCc1cc(Br)cc2c1OCC2. The van der Waals surface area contributed by atoms with E-state index in [9.17, 15) is 5.11 Å². The summed E-state index contributed by atoms with van der Waals surface area (Å²) in [5, 5.41) is 13.5. The fourth-order valence-corrected chi connectivity index (χ4v) is 2.68. The summed E-state index contributed by atoms with van der Waals surface area (Å²) in [5.74, 6) is 1.24. The van der Waals surface area contributed by atoms with Crippen molar-refractivity contribution in [3.63, 3.8) is 0 Å². The number of aliphatic hydroxyl groups is 1. The van der Waals surface area contributed by atoms with Crippen LogP contribution in [0.1, 0.15) is 31.9 Å². The lowest BCUT2D eigenvalue weighted by Gasteiger charge is -2.28. The van der Waals surface area contributed by atoms with E-state index in [1.54, 1.807) is 0 Å². The molecule has 1 aliphatic rings. The molecule has 1 heterocycles. The Labute approximate surface area is 123 Å². The molecule has 2 rings (SSSR count). The average Bonchev–Trinajstić information content (AvgIpc) is 2.76. The van der Waals surface area contributed by atoms with Gasteiger partial charge in [0.1, 0.15) is 5.75 Å². The van der Waals surface area contributed by atoms with E-state index in [2.05, 4.69) is 33.4 Å². The molecular weight excluding hydrogens is 306 g/mol. The minimum absolute atomic E-state index is 0.226. The van der Waals surface area contributed by atoms with Gasteiger partial charge in [-0.15, -0.1) is 0 Å². The zero-order chi connectivity index (χ0) is 14.0. The van der Waals surface area contributed by atoms with Crippen LogP contribution in [0.25, 0.3) is 0 Å². The average molecular weight is 328 g/mol. The first kappa shape index (κ1) is 14.8. The molecule has 1 aromatic carbocycles. The van der Waals surface area contributed by atoms with Gasteiger partial charge in [-0.3, -0.25) is 0 Å². The summed E-state index contributed by atoms with van der Waals surface area (Å²) >= 11 is 3.54. The van der Waals surface area contributed by atoms with Crippen LogP contribution >= 0.6 is 15.9 Å². The molecule has 0 bridgehead atoms. The van der Waals surface area contributed by atoms with Crippen LogP contribution in [0.3, 0.4) is 0 Å². The Morgan fingerprint density at radius 1 is 1.47 bits per heavy atom. The topological polar surface area (TPSA) is 41.5 Å². The van der Waals surface area contributed by atoms with Crippen LogP contribution < -0.4 is 10.1 Å². The standard InChI is InChI=1S/C15H22BrNO2/c1-10(2)15(3,18)9-17-8-12-7-13(16)6-11-4-5-19-14(11)12/h6-7,10,17-18H,4-5,8-9H2,1-3H3. The van der Waals surface area contributed by atoms with E-state index in [1.807, 2.05) is 20.8 Å².